The molecule has 1 fully saturated rings. The summed E-state index contributed by atoms with van der Waals surface area (Å²) in [5.41, 5.74) is 2.83. The first-order valence-electron chi connectivity index (χ1n) is 6.90. The van der Waals surface area contributed by atoms with Crippen LogP contribution in [0.15, 0.2) is 24.3 Å². The van der Waals surface area contributed by atoms with Crippen molar-refractivity contribution < 1.29 is 0 Å². The van der Waals surface area contributed by atoms with E-state index in [0.717, 1.165) is 19.5 Å². The number of nitrogens with one attached hydrogen (secondary N) is 1. The highest BCUT2D eigenvalue weighted by molar-refractivity contribution is 5.48. The van der Waals surface area contributed by atoms with Gasteiger partial charge in [0.25, 0.3) is 0 Å². The molecule has 0 aliphatic carbocycles. The zero-order chi connectivity index (χ0) is 12.1. The zero-order valence-corrected chi connectivity index (χ0v) is 11.1. The van der Waals surface area contributed by atoms with Gasteiger partial charge in [0.05, 0.1) is 0 Å². The van der Waals surface area contributed by atoms with Crippen LogP contribution < -0.4 is 10.2 Å². The van der Waals surface area contributed by atoms with Gasteiger partial charge in [-0.25, -0.2) is 0 Å². The largest absolute Gasteiger partial charge is 0.370 e. The highest BCUT2D eigenvalue weighted by Crippen LogP contribution is 2.18. The minimum absolute atomic E-state index is 0.703. The van der Waals surface area contributed by atoms with E-state index in [-0.39, 0.29) is 0 Å². The molecule has 1 saturated heterocycles. The first-order valence-corrected chi connectivity index (χ1v) is 6.90. The van der Waals surface area contributed by atoms with Crippen LogP contribution in [0.2, 0.25) is 0 Å². The topological polar surface area (TPSA) is 15.3 Å². The van der Waals surface area contributed by atoms with Crippen LogP contribution in [0.4, 0.5) is 5.69 Å². The van der Waals surface area contributed by atoms with Crippen molar-refractivity contribution in [3.63, 3.8) is 0 Å². The van der Waals surface area contributed by atoms with E-state index in [1.807, 2.05) is 0 Å². The molecule has 1 heterocycles. The molecule has 0 amide bonds. The van der Waals surface area contributed by atoms with Crippen molar-refractivity contribution >= 4 is 5.69 Å². The standard InChI is InChI=1S/C15H24N2/c1-3-13-6-5-7-15(12-13)17-10-8-14(4-2)16-9-11-17/h5-7,12,14,16H,3-4,8-11H2,1-2H3. The molecule has 0 spiro atoms. The zero-order valence-electron chi connectivity index (χ0n) is 11.1. The molecular weight excluding hydrogens is 208 g/mol. The third-order valence-electron chi connectivity index (χ3n) is 3.74. The maximum absolute atomic E-state index is 3.62. The van der Waals surface area contributed by atoms with Crippen molar-refractivity contribution in [1.82, 2.24) is 5.32 Å². The summed E-state index contributed by atoms with van der Waals surface area (Å²) in [6.45, 7) is 7.90. The lowest BCUT2D eigenvalue weighted by atomic mass is 10.1. The van der Waals surface area contributed by atoms with Gasteiger partial charge in [0.2, 0.25) is 0 Å². The molecule has 0 bridgehead atoms. The van der Waals surface area contributed by atoms with Gasteiger partial charge in [-0.3, -0.25) is 0 Å². The summed E-state index contributed by atoms with van der Waals surface area (Å²) in [7, 11) is 0. The van der Waals surface area contributed by atoms with Crippen LogP contribution in [-0.2, 0) is 6.42 Å². The van der Waals surface area contributed by atoms with Gasteiger partial charge in [-0.1, -0.05) is 26.0 Å². The molecule has 0 aromatic heterocycles. The summed E-state index contributed by atoms with van der Waals surface area (Å²) in [5.74, 6) is 0. The molecule has 1 atom stereocenters. The molecule has 0 radical (unpaired) electrons. The molecule has 94 valence electrons. The van der Waals surface area contributed by atoms with Crippen molar-refractivity contribution in [2.75, 3.05) is 24.5 Å². The van der Waals surface area contributed by atoms with E-state index >= 15 is 0 Å². The van der Waals surface area contributed by atoms with Crippen LogP contribution in [-0.4, -0.2) is 25.7 Å². The molecule has 1 aliphatic rings. The number of benzene rings is 1. The second-order valence-electron chi connectivity index (χ2n) is 4.86. The van der Waals surface area contributed by atoms with Crippen molar-refractivity contribution in [1.29, 1.82) is 0 Å². The van der Waals surface area contributed by atoms with E-state index < -0.39 is 0 Å². The van der Waals surface area contributed by atoms with E-state index in [2.05, 4.69) is 48.3 Å². The molecule has 2 heteroatoms. The van der Waals surface area contributed by atoms with Crippen LogP contribution in [0.3, 0.4) is 0 Å². The minimum atomic E-state index is 0.703. The van der Waals surface area contributed by atoms with E-state index in [0.29, 0.717) is 6.04 Å². The fraction of sp³-hybridized carbons (Fsp3) is 0.600. The average Bonchev–Trinajstić information content (AvgIpc) is 2.64. The third kappa shape index (κ3) is 3.22. The normalized spacial score (nSPS) is 21.3. The molecule has 2 nitrogen and oxygen atoms in total. The monoisotopic (exact) mass is 232 g/mol. The van der Waals surface area contributed by atoms with Crippen LogP contribution in [0, 0.1) is 0 Å². The van der Waals surface area contributed by atoms with Crippen LogP contribution in [0.1, 0.15) is 32.3 Å². The predicted octanol–water partition coefficient (Wildman–Crippen LogP) is 2.83. The van der Waals surface area contributed by atoms with Gasteiger partial charge in [-0.05, 0) is 37.0 Å². The smallest absolute Gasteiger partial charge is 0.0369 e. The second-order valence-corrected chi connectivity index (χ2v) is 4.86. The van der Waals surface area contributed by atoms with Crippen molar-refractivity contribution in [2.45, 2.75) is 39.2 Å². The predicted molar refractivity (Wildman–Crippen MR) is 74.7 cm³/mol. The SMILES string of the molecule is CCc1cccc(N2CCNC(CC)CC2)c1. The minimum Gasteiger partial charge on any atom is -0.370 e. The van der Waals surface area contributed by atoms with E-state index in [1.54, 1.807) is 0 Å². The Bertz CT molecular complexity index is 349. The van der Waals surface area contributed by atoms with E-state index in [9.17, 15) is 0 Å². The Kier molecular flexibility index (Phi) is 4.43. The highest BCUT2D eigenvalue weighted by Gasteiger charge is 2.15. The Morgan fingerprint density at radius 1 is 1.29 bits per heavy atom. The molecule has 1 aromatic carbocycles. The Hall–Kier alpha value is -1.02. The first kappa shape index (κ1) is 12.4. The van der Waals surface area contributed by atoms with Gasteiger partial charge >= 0.3 is 0 Å². The van der Waals surface area contributed by atoms with Gasteiger partial charge < -0.3 is 10.2 Å². The van der Waals surface area contributed by atoms with Crippen LogP contribution >= 0.6 is 0 Å². The lowest BCUT2D eigenvalue weighted by molar-refractivity contribution is 0.510. The van der Waals surface area contributed by atoms with Crippen molar-refractivity contribution in [3.05, 3.63) is 29.8 Å². The molecule has 1 aromatic rings. The number of hydrogen-bond donors (Lipinski definition) is 1. The fourth-order valence-corrected chi connectivity index (χ4v) is 2.51. The third-order valence-corrected chi connectivity index (χ3v) is 3.74. The average molecular weight is 232 g/mol. The summed E-state index contributed by atoms with van der Waals surface area (Å²) in [6.07, 6.45) is 3.62. The summed E-state index contributed by atoms with van der Waals surface area (Å²) < 4.78 is 0. The first-order chi connectivity index (χ1) is 8.33. The van der Waals surface area contributed by atoms with Gasteiger partial charge in [-0.2, -0.15) is 0 Å². The Balaban J connectivity index is 2.05. The number of hydrogen-bond acceptors (Lipinski definition) is 2. The Morgan fingerprint density at radius 2 is 2.18 bits per heavy atom. The molecular formula is C15H24N2. The summed E-state index contributed by atoms with van der Waals surface area (Å²) in [6, 6.07) is 9.69. The highest BCUT2D eigenvalue weighted by atomic mass is 15.2. The van der Waals surface area contributed by atoms with E-state index in [1.165, 1.54) is 30.6 Å². The second kappa shape index (κ2) is 6.06. The lowest BCUT2D eigenvalue weighted by Gasteiger charge is -2.23. The molecule has 1 unspecified atom stereocenters. The summed E-state index contributed by atoms with van der Waals surface area (Å²) in [4.78, 5) is 2.52. The number of anilines is 1. The van der Waals surface area contributed by atoms with Crippen LogP contribution in [0.5, 0.6) is 0 Å². The van der Waals surface area contributed by atoms with E-state index in [4.69, 9.17) is 0 Å². The van der Waals surface area contributed by atoms with Crippen molar-refractivity contribution in [2.24, 2.45) is 0 Å². The Morgan fingerprint density at radius 3 is 2.94 bits per heavy atom. The number of rotatable bonds is 3. The van der Waals surface area contributed by atoms with Crippen LogP contribution in [0.25, 0.3) is 0 Å². The quantitative estimate of drug-likeness (QED) is 0.862. The molecule has 1 aliphatic heterocycles. The van der Waals surface area contributed by atoms with Gasteiger partial charge in [-0.15, -0.1) is 0 Å². The summed E-state index contributed by atoms with van der Waals surface area (Å²) >= 11 is 0. The van der Waals surface area contributed by atoms with Gasteiger partial charge in [0.1, 0.15) is 0 Å². The summed E-state index contributed by atoms with van der Waals surface area (Å²) in [5, 5.41) is 3.62. The lowest BCUT2D eigenvalue weighted by Crippen LogP contribution is -2.30. The van der Waals surface area contributed by atoms with Gasteiger partial charge in [0, 0.05) is 31.4 Å². The van der Waals surface area contributed by atoms with Gasteiger partial charge in [0.15, 0.2) is 0 Å². The fourth-order valence-electron chi connectivity index (χ4n) is 2.51. The molecule has 2 rings (SSSR count). The molecule has 0 saturated carbocycles. The molecule has 1 N–H and O–H groups in total. The molecule has 17 heavy (non-hydrogen) atoms. The maximum atomic E-state index is 3.62. The number of nitrogens with zero attached hydrogens (tertiary/aromatic N) is 1. The number of aryl methyl sites for hydroxylation is 1. The Labute approximate surface area is 105 Å². The maximum Gasteiger partial charge on any atom is 0.0369 e. The van der Waals surface area contributed by atoms with Crippen molar-refractivity contribution in [3.8, 4) is 0 Å².